The van der Waals surface area contributed by atoms with Crippen LogP contribution < -0.4 is 14.8 Å². The number of carbonyl (C=O) groups excluding carboxylic acids is 1. The number of hydrogen-bond acceptors (Lipinski definition) is 4. The standard InChI is InChI=1S/C21H22F2N2O3/c22-15-3-2-14(18(23)10-15)12-25(17-5-6-17)13-21(26)24-16-4-7-19-20(11-16)28-9-1-8-27-19/h2-4,7,10-11,17H,1,5-6,8-9,12-13H2,(H,24,26). The molecule has 2 aromatic carbocycles. The van der Waals surface area contributed by atoms with Gasteiger partial charge < -0.3 is 14.8 Å². The van der Waals surface area contributed by atoms with Crippen LogP contribution in [0.15, 0.2) is 36.4 Å². The molecule has 5 nitrogen and oxygen atoms in total. The van der Waals surface area contributed by atoms with Crippen LogP contribution in [0.2, 0.25) is 0 Å². The summed E-state index contributed by atoms with van der Waals surface area (Å²) in [5.74, 6) is -0.103. The number of rotatable bonds is 6. The van der Waals surface area contributed by atoms with Crippen molar-refractivity contribution >= 4 is 11.6 Å². The Bertz CT molecular complexity index is 871. The first-order valence-electron chi connectivity index (χ1n) is 9.46. The summed E-state index contributed by atoms with van der Waals surface area (Å²) in [4.78, 5) is 14.5. The van der Waals surface area contributed by atoms with Crippen LogP contribution in [0.5, 0.6) is 11.5 Å². The molecule has 1 fully saturated rings. The summed E-state index contributed by atoms with van der Waals surface area (Å²) in [6, 6.07) is 9.09. The van der Waals surface area contributed by atoms with Crippen LogP contribution >= 0.6 is 0 Å². The van der Waals surface area contributed by atoms with Gasteiger partial charge in [0.1, 0.15) is 11.6 Å². The maximum absolute atomic E-state index is 14.0. The van der Waals surface area contributed by atoms with Crippen LogP contribution in [-0.2, 0) is 11.3 Å². The van der Waals surface area contributed by atoms with Gasteiger partial charge in [-0.25, -0.2) is 8.78 Å². The molecule has 1 aliphatic carbocycles. The molecule has 1 N–H and O–H groups in total. The van der Waals surface area contributed by atoms with Crippen molar-refractivity contribution in [1.82, 2.24) is 4.90 Å². The van der Waals surface area contributed by atoms with Crippen LogP contribution in [-0.4, -0.2) is 36.6 Å². The molecule has 148 valence electrons. The normalized spacial score (nSPS) is 16.0. The summed E-state index contributed by atoms with van der Waals surface area (Å²) >= 11 is 0. The fraction of sp³-hybridized carbons (Fsp3) is 0.381. The van der Waals surface area contributed by atoms with E-state index in [0.717, 1.165) is 25.3 Å². The van der Waals surface area contributed by atoms with Gasteiger partial charge in [-0.3, -0.25) is 9.69 Å². The van der Waals surface area contributed by atoms with Crippen molar-refractivity contribution in [2.45, 2.75) is 31.8 Å². The van der Waals surface area contributed by atoms with Crippen molar-refractivity contribution in [3.63, 3.8) is 0 Å². The van der Waals surface area contributed by atoms with Crippen LogP contribution in [0.1, 0.15) is 24.8 Å². The van der Waals surface area contributed by atoms with Crippen molar-refractivity contribution in [2.75, 3.05) is 25.1 Å². The van der Waals surface area contributed by atoms with Crippen LogP contribution in [0.4, 0.5) is 14.5 Å². The highest BCUT2D eigenvalue weighted by atomic mass is 19.1. The van der Waals surface area contributed by atoms with E-state index in [1.807, 2.05) is 4.90 Å². The molecule has 2 aliphatic rings. The number of hydrogen-bond donors (Lipinski definition) is 1. The van der Waals surface area contributed by atoms with E-state index >= 15 is 0 Å². The number of amides is 1. The van der Waals surface area contributed by atoms with Gasteiger partial charge in [-0.15, -0.1) is 0 Å². The Morgan fingerprint density at radius 2 is 1.86 bits per heavy atom. The van der Waals surface area contributed by atoms with Gasteiger partial charge in [0.15, 0.2) is 11.5 Å². The maximum atomic E-state index is 14.0. The lowest BCUT2D eigenvalue weighted by molar-refractivity contribution is -0.117. The predicted molar refractivity (Wildman–Crippen MR) is 100 cm³/mol. The van der Waals surface area contributed by atoms with E-state index in [-0.39, 0.29) is 25.0 Å². The molecular weight excluding hydrogens is 366 g/mol. The molecule has 28 heavy (non-hydrogen) atoms. The summed E-state index contributed by atoms with van der Waals surface area (Å²) in [5, 5.41) is 2.87. The van der Waals surface area contributed by atoms with Gasteiger partial charge in [0.25, 0.3) is 0 Å². The largest absolute Gasteiger partial charge is 0.490 e. The highest BCUT2D eigenvalue weighted by Crippen LogP contribution is 2.32. The zero-order valence-electron chi connectivity index (χ0n) is 15.4. The number of benzene rings is 2. The minimum Gasteiger partial charge on any atom is -0.490 e. The number of carbonyl (C=O) groups is 1. The second-order valence-corrected chi connectivity index (χ2v) is 7.13. The molecule has 7 heteroatoms. The van der Waals surface area contributed by atoms with E-state index < -0.39 is 11.6 Å². The monoisotopic (exact) mass is 388 g/mol. The summed E-state index contributed by atoms with van der Waals surface area (Å²) in [5.41, 5.74) is 1.01. The van der Waals surface area contributed by atoms with Crippen LogP contribution in [0.25, 0.3) is 0 Å². The molecule has 1 amide bonds. The van der Waals surface area contributed by atoms with E-state index in [0.29, 0.717) is 36.0 Å². The van der Waals surface area contributed by atoms with Gasteiger partial charge >= 0.3 is 0 Å². The number of halogens is 2. The van der Waals surface area contributed by atoms with Crippen molar-refractivity contribution in [1.29, 1.82) is 0 Å². The third-order valence-corrected chi connectivity index (χ3v) is 4.83. The molecule has 0 radical (unpaired) electrons. The predicted octanol–water partition coefficient (Wildman–Crippen LogP) is 3.73. The summed E-state index contributed by atoms with van der Waals surface area (Å²) in [7, 11) is 0. The lowest BCUT2D eigenvalue weighted by atomic mass is 10.2. The first kappa shape index (κ1) is 18.7. The molecule has 1 aliphatic heterocycles. The smallest absolute Gasteiger partial charge is 0.238 e. The van der Waals surface area contributed by atoms with E-state index in [2.05, 4.69) is 5.32 Å². The third-order valence-electron chi connectivity index (χ3n) is 4.83. The molecular formula is C21H22F2N2O3. The average molecular weight is 388 g/mol. The molecule has 0 saturated heterocycles. The van der Waals surface area contributed by atoms with Crippen molar-refractivity contribution < 1.29 is 23.0 Å². The first-order valence-corrected chi connectivity index (χ1v) is 9.46. The molecule has 0 spiro atoms. The average Bonchev–Trinajstić information content (AvgIpc) is 3.50. The van der Waals surface area contributed by atoms with Gasteiger partial charge in [0, 0.05) is 42.4 Å². The Morgan fingerprint density at radius 1 is 1.07 bits per heavy atom. The fourth-order valence-corrected chi connectivity index (χ4v) is 3.25. The quantitative estimate of drug-likeness (QED) is 0.819. The molecule has 1 heterocycles. The fourth-order valence-electron chi connectivity index (χ4n) is 3.25. The minimum atomic E-state index is -0.605. The number of nitrogens with zero attached hydrogens (tertiary/aromatic N) is 1. The number of nitrogens with one attached hydrogen (secondary N) is 1. The van der Waals surface area contributed by atoms with Gasteiger partial charge in [-0.1, -0.05) is 6.07 Å². The lowest BCUT2D eigenvalue weighted by Crippen LogP contribution is -2.34. The van der Waals surface area contributed by atoms with Crippen molar-refractivity contribution in [2.24, 2.45) is 0 Å². The number of anilines is 1. The van der Waals surface area contributed by atoms with E-state index in [1.165, 1.54) is 12.1 Å². The Morgan fingerprint density at radius 3 is 2.61 bits per heavy atom. The van der Waals surface area contributed by atoms with E-state index in [1.54, 1.807) is 18.2 Å². The van der Waals surface area contributed by atoms with Gasteiger partial charge in [-0.05, 0) is 31.0 Å². The second-order valence-electron chi connectivity index (χ2n) is 7.13. The van der Waals surface area contributed by atoms with Gasteiger partial charge in [-0.2, -0.15) is 0 Å². The summed E-state index contributed by atoms with van der Waals surface area (Å²) < 4.78 is 38.3. The second kappa shape index (κ2) is 8.14. The molecule has 0 atom stereocenters. The highest BCUT2D eigenvalue weighted by molar-refractivity contribution is 5.92. The van der Waals surface area contributed by atoms with E-state index in [4.69, 9.17) is 9.47 Å². The minimum absolute atomic E-state index is 0.135. The van der Waals surface area contributed by atoms with Crippen LogP contribution in [0, 0.1) is 11.6 Å². The molecule has 1 saturated carbocycles. The lowest BCUT2D eigenvalue weighted by Gasteiger charge is -2.22. The Balaban J connectivity index is 1.40. The maximum Gasteiger partial charge on any atom is 0.238 e. The Labute approximate surface area is 162 Å². The molecule has 0 aromatic heterocycles. The van der Waals surface area contributed by atoms with E-state index in [9.17, 15) is 13.6 Å². The zero-order valence-corrected chi connectivity index (χ0v) is 15.4. The molecule has 4 rings (SSSR count). The molecule has 0 bridgehead atoms. The number of fused-ring (bicyclic) bond motifs is 1. The van der Waals surface area contributed by atoms with Crippen molar-refractivity contribution in [3.8, 4) is 11.5 Å². The Kier molecular flexibility index (Phi) is 5.43. The summed E-state index contributed by atoms with van der Waals surface area (Å²) in [6.45, 7) is 1.58. The zero-order chi connectivity index (χ0) is 19.5. The summed E-state index contributed by atoms with van der Waals surface area (Å²) in [6.07, 6.45) is 2.76. The van der Waals surface area contributed by atoms with Gasteiger partial charge in [0.05, 0.1) is 19.8 Å². The highest BCUT2D eigenvalue weighted by Gasteiger charge is 2.31. The van der Waals surface area contributed by atoms with Gasteiger partial charge in [0.2, 0.25) is 5.91 Å². The SMILES string of the molecule is O=C(CN(Cc1ccc(F)cc1F)C1CC1)Nc1ccc2c(c1)OCCCO2. The third kappa shape index (κ3) is 4.59. The first-order chi connectivity index (χ1) is 13.6. The van der Waals surface area contributed by atoms with Crippen LogP contribution in [0.3, 0.4) is 0 Å². The van der Waals surface area contributed by atoms with Crippen molar-refractivity contribution in [3.05, 3.63) is 53.6 Å². The molecule has 2 aromatic rings. The topological polar surface area (TPSA) is 50.8 Å². The number of ether oxygens (including phenoxy) is 2. The molecule has 0 unspecified atom stereocenters. The Hall–Kier alpha value is -2.67.